The Hall–Kier alpha value is -2.73. The number of carbonyl (C=O) groups excluding carboxylic acids is 1. The zero-order chi connectivity index (χ0) is 21.6. The number of amides is 1. The molecule has 0 unspecified atom stereocenters. The summed E-state index contributed by atoms with van der Waals surface area (Å²) >= 11 is 0. The smallest absolute Gasteiger partial charge is 0.218 e. The molecule has 1 saturated carbocycles. The molecule has 6 nitrogen and oxygen atoms in total. The molecule has 0 aromatic heterocycles. The molecule has 1 heterocycles. The Bertz CT molecular complexity index is 870. The van der Waals surface area contributed by atoms with Crippen LogP contribution in [-0.2, 0) is 11.2 Å². The van der Waals surface area contributed by atoms with Gasteiger partial charge in [0.2, 0.25) is 5.91 Å². The monoisotopic (exact) mass is 423 g/mol. The van der Waals surface area contributed by atoms with Crippen LogP contribution in [0.2, 0.25) is 0 Å². The fourth-order valence-electron chi connectivity index (χ4n) is 4.38. The number of hydrogen-bond donors (Lipinski definition) is 1. The van der Waals surface area contributed by atoms with Gasteiger partial charge in [0.15, 0.2) is 11.5 Å². The van der Waals surface area contributed by atoms with Crippen LogP contribution in [0.4, 0.5) is 5.69 Å². The number of primary amides is 1. The lowest BCUT2D eigenvalue weighted by Crippen LogP contribution is -2.54. The molecule has 166 valence electrons. The molecule has 2 aromatic rings. The highest BCUT2D eigenvalue weighted by Gasteiger charge is 2.28. The van der Waals surface area contributed by atoms with E-state index in [1.807, 2.05) is 12.1 Å². The van der Waals surface area contributed by atoms with Gasteiger partial charge in [-0.25, -0.2) is 0 Å². The Labute approximate surface area is 184 Å². The maximum atomic E-state index is 11.4. The van der Waals surface area contributed by atoms with Crippen molar-refractivity contribution in [2.45, 2.75) is 44.2 Å². The van der Waals surface area contributed by atoms with Gasteiger partial charge in [-0.15, -0.1) is 0 Å². The SMILES string of the molecule is COc1ccc(N2CCN(CCC(N)=O)[C@@H](Cc3ccccc3)C2)cc1OC1CCC1. The standard InChI is InChI=1S/C25H33N3O3/c1-30-23-11-10-20(17-24(23)31-22-8-5-9-22)28-15-14-27(13-12-25(26)29)21(18-28)16-19-6-3-2-4-7-19/h2-4,6-7,10-11,17,21-22H,5,8-9,12-16,18H2,1H3,(H2,26,29)/t21-/m0/s1. The third-order valence-electron chi connectivity index (χ3n) is 6.42. The molecule has 31 heavy (non-hydrogen) atoms. The van der Waals surface area contributed by atoms with E-state index >= 15 is 0 Å². The molecule has 1 amide bonds. The van der Waals surface area contributed by atoms with Gasteiger partial charge in [0.05, 0.1) is 13.2 Å². The van der Waals surface area contributed by atoms with Crippen molar-refractivity contribution in [1.29, 1.82) is 0 Å². The average molecular weight is 424 g/mol. The molecule has 1 saturated heterocycles. The van der Waals surface area contributed by atoms with Gasteiger partial charge in [-0.1, -0.05) is 30.3 Å². The maximum absolute atomic E-state index is 11.4. The van der Waals surface area contributed by atoms with E-state index in [9.17, 15) is 4.79 Å². The summed E-state index contributed by atoms with van der Waals surface area (Å²) in [5.41, 5.74) is 7.89. The number of benzene rings is 2. The van der Waals surface area contributed by atoms with Crippen molar-refractivity contribution in [2.75, 3.05) is 38.2 Å². The highest BCUT2D eigenvalue weighted by atomic mass is 16.5. The number of nitrogens with two attached hydrogens (primary N) is 1. The van der Waals surface area contributed by atoms with Gasteiger partial charge in [0.25, 0.3) is 0 Å². The minimum atomic E-state index is -0.242. The van der Waals surface area contributed by atoms with E-state index in [1.165, 1.54) is 12.0 Å². The van der Waals surface area contributed by atoms with E-state index in [4.69, 9.17) is 15.2 Å². The van der Waals surface area contributed by atoms with Crippen molar-refractivity contribution < 1.29 is 14.3 Å². The second-order valence-electron chi connectivity index (χ2n) is 8.55. The van der Waals surface area contributed by atoms with Crippen molar-refractivity contribution >= 4 is 11.6 Å². The zero-order valence-electron chi connectivity index (χ0n) is 18.3. The molecule has 4 rings (SSSR count). The third-order valence-corrected chi connectivity index (χ3v) is 6.42. The second-order valence-corrected chi connectivity index (χ2v) is 8.55. The molecule has 0 radical (unpaired) electrons. The predicted octanol–water partition coefficient (Wildman–Crippen LogP) is 3.24. The molecule has 2 aromatic carbocycles. The number of anilines is 1. The largest absolute Gasteiger partial charge is 0.493 e. The summed E-state index contributed by atoms with van der Waals surface area (Å²) in [6.45, 7) is 3.40. The van der Waals surface area contributed by atoms with Gasteiger partial charge < -0.3 is 20.1 Å². The number of nitrogens with zero attached hydrogens (tertiary/aromatic N) is 2. The summed E-state index contributed by atoms with van der Waals surface area (Å²) in [6.07, 6.45) is 5.11. The Morgan fingerprint density at radius 1 is 1.10 bits per heavy atom. The van der Waals surface area contributed by atoms with Gasteiger partial charge in [-0.2, -0.15) is 0 Å². The average Bonchev–Trinajstić information content (AvgIpc) is 2.76. The topological polar surface area (TPSA) is 68.0 Å². The van der Waals surface area contributed by atoms with Gasteiger partial charge in [0, 0.05) is 50.4 Å². The molecule has 1 aliphatic carbocycles. The number of methoxy groups -OCH3 is 1. The minimum Gasteiger partial charge on any atom is -0.493 e. The lowest BCUT2D eigenvalue weighted by Gasteiger charge is -2.42. The lowest BCUT2D eigenvalue weighted by atomic mass is 9.96. The van der Waals surface area contributed by atoms with Gasteiger partial charge in [0.1, 0.15) is 0 Å². The maximum Gasteiger partial charge on any atom is 0.218 e. The predicted molar refractivity (Wildman–Crippen MR) is 123 cm³/mol. The van der Waals surface area contributed by atoms with Crippen LogP contribution in [0.15, 0.2) is 48.5 Å². The molecular weight excluding hydrogens is 390 g/mol. The number of ether oxygens (including phenoxy) is 2. The molecule has 2 aliphatic rings. The van der Waals surface area contributed by atoms with Crippen molar-refractivity contribution in [1.82, 2.24) is 4.90 Å². The normalized spacial score (nSPS) is 19.6. The number of rotatable bonds is 9. The Morgan fingerprint density at radius 2 is 1.90 bits per heavy atom. The first-order chi connectivity index (χ1) is 15.1. The van der Waals surface area contributed by atoms with Crippen molar-refractivity contribution in [3.8, 4) is 11.5 Å². The van der Waals surface area contributed by atoms with Crippen molar-refractivity contribution in [2.24, 2.45) is 5.73 Å². The summed E-state index contributed by atoms with van der Waals surface area (Å²) < 4.78 is 11.7. The quantitative estimate of drug-likeness (QED) is 0.671. The van der Waals surface area contributed by atoms with Crippen LogP contribution < -0.4 is 20.1 Å². The van der Waals surface area contributed by atoms with Gasteiger partial charge in [-0.3, -0.25) is 9.69 Å². The molecule has 0 spiro atoms. The second kappa shape index (κ2) is 10.1. The fraction of sp³-hybridized carbons (Fsp3) is 0.480. The zero-order valence-corrected chi connectivity index (χ0v) is 18.3. The molecule has 6 heteroatoms. The number of carbonyl (C=O) groups is 1. The number of piperazine rings is 1. The molecule has 1 aliphatic heterocycles. The molecule has 1 atom stereocenters. The first-order valence-electron chi connectivity index (χ1n) is 11.3. The minimum absolute atomic E-state index is 0.242. The first kappa shape index (κ1) is 21.5. The Kier molecular flexibility index (Phi) is 6.97. The van der Waals surface area contributed by atoms with E-state index in [2.05, 4.69) is 46.2 Å². The van der Waals surface area contributed by atoms with Crippen LogP contribution in [-0.4, -0.2) is 56.2 Å². The first-order valence-corrected chi connectivity index (χ1v) is 11.3. The van der Waals surface area contributed by atoms with Crippen LogP contribution in [0.1, 0.15) is 31.2 Å². The van der Waals surface area contributed by atoms with E-state index < -0.39 is 0 Å². The molecule has 0 bridgehead atoms. The van der Waals surface area contributed by atoms with E-state index in [0.717, 1.165) is 56.1 Å². The summed E-state index contributed by atoms with van der Waals surface area (Å²) in [5.74, 6) is 1.38. The van der Waals surface area contributed by atoms with Crippen LogP contribution in [0.25, 0.3) is 0 Å². The van der Waals surface area contributed by atoms with Crippen LogP contribution >= 0.6 is 0 Å². The number of hydrogen-bond acceptors (Lipinski definition) is 5. The summed E-state index contributed by atoms with van der Waals surface area (Å²) in [7, 11) is 1.69. The van der Waals surface area contributed by atoms with Gasteiger partial charge >= 0.3 is 0 Å². The molecule has 2 fully saturated rings. The Balaban J connectivity index is 1.50. The lowest BCUT2D eigenvalue weighted by molar-refractivity contribution is -0.118. The molecular formula is C25H33N3O3. The summed E-state index contributed by atoms with van der Waals surface area (Å²) in [5, 5.41) is 0. The summed E-state index contributed by atoms with van der Waals surface area (Å²) in [4.78, 5) is 16.2. The third kappa shape index (κ3) is 5.50. The molecule has 2 N–H and O–H groups in total. The summed E-state index contributed by atoms with van der Waals surface area (Å²) in [6, 6.07) is 17.1. The Morgan fingerprint density at radius 3 is 2.58 bits per heavy atom. The highest BCUT2D eigenvalue weighted by Crippen LogP contribution is 2.36. The van der Waals surface area contributed by atoms with Crippen molar-refractivity contribution in [3.63, 3.8) is 0 Å². The fourth-order valence-corrected chi connectivity index (χ4v) is 4.38. The van der Waals surface area contributed by atoms with Crippen LogP contribution in [0.5, 0.6) is 11.5 Å². The van der Waals surface area contributed by atoms with Crippen molar-refractivity contribution in [3.05, 3.63) is 54.1 Å². The van der Waals surface area contributed by atoms with E-state index in [1.54, 1.807) is 7.11 Å². The van der Waals surface area contributed by atoms with Crippen LogP contribution in [0.3, 0.4) is 0 Å². The highest BCUT2D eigenvalue weighted by molar-refractivity contribution is 5.73. The van der Waals surface area contributed by atoms with Crippen LogP contribution in [0, 0.1) is 0 Å². The van der Waals surface area contributed by atoms with E-state index in [0.29, 0.717) is 25.1 Å². The van der Waals surface area contributed by atoms with E-state index in [-0.39, 0.29) is 5.91 Å². The van der Waals surface area contributed by atoms with Gasteiger partial charge in [-0.05, 0) is 43.4 Å².